The number of hydrogen-bond donors (Lipinski definition) is 2. The molecule has 3 fully saturated rings. The van der Waals surface area contributed by atoms with Crippen LogP contribution in [0.5, 0.6) is 0 Å². The maximum absolute atomic E-state index is 8.99. The van der Waals surface area contributed by atoms with E-state index in [0.717, 1.165) is 0 Å². The van der Waals surface area contributed by atoms with Crippen LogP contribution in [0.4, 0.5) is 0 Å². The summed E-state index contributed by atoms with van der Waals surface area (Å²) in [6, 6.07) is 0. The quantitative estimate of drug-likeness (QED) is 0.294. The van der Waals surface area contributed by atoms with E-state index in [2.05, 4.69) is 19.2 Å². The van der Waals surface area contributed by atoms with E-state index >= 15 is 0 Å². The summed E-state index contributed by atoms with van der Waals surface area (Å²) in [6.07, 6.45) is 0. The zero-order valence-electron chi connectivity index (χ0n) is 4.03. The van der Waals surface area contributed by atoms with E-state index in [0.29, 0.717) is 0 Å². The largest absolute Gasteiger partial charge is 0.407 e. The van der Waals surface area contributed by atoms with Crippen LogP contribution in [0.25, 0.3) is 0 Å². The molecule has 2 N–H and O–H groups in total. The van der Waals surface area contributed by atoms with Crippen LogP contribution in [0, 0.1) is 0 Å². The van der Waals surface area contributed by atoms with E-state index in [4.69, 9.17) is 10.2 Å². The molecule has 6 nitrogen and oxygen atoms in total. The maximum Gasteiger partial charge on any atom is 0.407 e. The van der Waals surface area contributed by atoms with Crippen LogP contribution < -0.4 is 0 Å². The SMILES string of the molecule is OC12OC3(OO3)C1(O)O2. The zero-order valence-corrected chi connectivity index (χ0v) is 4.03. The summed E-state index contributed by atoms with van der Waals surface area (Å²) in [5, 5.41) is 17.8. The van der Waals surface area contributed by atoms with Gasteiger partial charge in [-0.25, -0.2) is 0 Å². The van der Waals surface area contributed by atoms with Crippen molar-refractivity contribution >= 4 is 0 Å². The molecular weight excluding hydrogens is 132 g/mol. The molecule has 0 aromatic rings. The highest BCUT2D eigenvalue weighted by molar-refractivity contribution is 5.12. The molecule has 9 heavy (non-hydrogen) atoms. The van der Waals surface area contributed by atoms with Gasteiger partial charge in [0.15, 0.2) is 0 Å². The van der Waals surface area contributed by atoms with Crippen LogP contribution in [0.1, 0.15) is 0 Å². The van der Waals surface area contributed by atoms with Gasteiger partial charge in [0, 0.05) is 0 Å². The van der Waals surface area contributed by atoms with Gasteiger partial charge in [0.05, 0.1) is 0 Å². The van der Waals surface area contributed by atoms with Crippen molar-refractivity contribution in [2.45, 2.75) is 17.7 Å². The number of aliphatic hydroxyl groups is 2. The summed E-state index contributed by atoms with van der Waals surface area (Å²) in [6.45, 7) is 0. The van der Waals surface area contributed by atoms with E-state index in [1.807, 2.05) is 0 Å². The number of hydrogen-bond acceptors (Lipinski definition) is 6. The number of fused-ring (bicyclic) bond motifs is 2. The van der Waals surface area contributed by atoms with Gasteiger partial charge < -0.3 is 10.2 Å². The Morgan fingerprint density at radius 3 is 1.78 bits per heavy atom. The summed E-state index contributed by atoms with van der Waals surface area (Å²) in [5.41, 5.74) is 0. The first kappa shape index (κ1) is 4.56. The molecule has 3 saturated heterocycles. The van der Waals surface area contributed by atoms with Gasteiger partial charge >= 0.3 is 17.7 Å². The van der Waals surface area contributed by atoms with E-state index in [1.54, 1.807) is 0 Å². The summed E-state index contributed by atoms with van der Waals surface area (Å²) < 4.78 is 8.76. The first-order chi connectivity index (χ1) is 4.12. The van der Waals surface area contributed by atoms with Crippen LogP contribution in [0.15, 0.2) is 0 Å². The van der Waals surface area contributed by atoms with Crippen molar-refractivity contribution in [3.8, 4) is 0 Å². The third-order valence-corrected chi connectivity index (χ3v) is 1.60. The molecule has 0 aliphatic carbocycles. The van der Waals surface area contributed by atoms with Gasteiger partial charge in [0.25, 0.3) is 0 Å². The monoisotopic (exact) mass is 134 g/mol. The lowest BCUT2D eigenvalue weighted by molar-refractivity contribution is -0.366. The highest BCUT2D eigenvalue weighted by Gasteiger charge is 3.03. The molecule has 1 spiro atoms. The number of ether oxygens (including phenoxy) is 2. The third kappa shape index (κ3) is 0.240. The van der Waals surface area contributed by atoms with Crippen LogP contribution in [0.2, 0.25) is 0 Å². The highest BCUT2D eigenvalue weighted by atomic mass is 17.5. The highest BCUT2D eigenvalue weighted by Crippen LogP contribution is 2.70. The van der Waals surface area contributed by atoms with Crippen LogP contribution in [0.3, 0.4) is 0 Å². The van der Waals surface area contributed by atoms with Crippen molar-refractivity contribution in [3.05, 3.63) is 0 Å². The average Bonchev–Trinajstić information content (AvgIpc) is 2.54. The second-order valence-corrected chi connectivity index (χ2v) is 2.15. The first-order valence-electron chi connectivity index (χ1n) is 2.34. The molecule has 3 rings (SSSR count). The van der Waals surface area contributed by atoms with Gasteiger partial charge in [-0.15, -0.1) is 0 Å². The molecule has 0 bridgehead atoms. The Morgan fingerprint density at radius 1 is 1.00 bits per heavy atom. The number of epoxide rings is 1. The molecule has 3 aliphatic rings. The van der Waals surface area contributed by atoms with Crippen molar-refractivity contribution in [2.24, 2.45) is 0 Å². The Balaban J connectivity index is 2.04. The molecule has 2 atom stereocenters. The second kappa shape index (κ2) is 0.749. The van der Waals surface area contributed by atoms with Crippen LogP contribution in [-0.2, 0) is 19.2 Å². The summed E-state index contributed by atoms with van der Waals surface area (Å²) >= 11 is 0. The maximum atomic E-state index is 8.99. The summed E-state index contributed by atoms with van der Waals surface area (Å²) in [4.78, 5) is 8.39. The average molecular weight is 134 g/mol. The van der Waals surface area contributed by atoms with Crippen LogP contribution in [-0.4, -0.2) is 27.9 Å². The Hall–Kier alpha value is -0.240. The summed E-state index contributed by atoms with van der Waals surface area (Å²) in [7, 11) is 0. The van der Waals surface area contributed by atoms with Crippen molar-refractivity contribution in [1.29, 1.82) is 0 Å². The Labute approximate surface area is 48.4 Å². The second-order valence-electron chi connectivity index (χ2n) is 2.15. The Bertz CT molecular complexity index is 198. The predicted octanol–water partition coefficient (Wildman–Crippen LogP) is -2.00. The van der Waals surface area contributed by atoms with E-state index in [-0.39, 0.29) is 0 Å². The first-order valence-corrected chi connectivity index (χ1v) is 2.34. The zero-order chi connectivity index (χ0) is 6.33. The van der Waals surface area contributed by atoms with Gasteiger partial charge in [-0.3, -0.25) is 9.47 Å². The standard InChI is InChI=1S/C3H2O6/c4-1-2(5,6-1)7-3(1)8-9-3/h4-5H. The third-order valence-electron chi connectivity index (χ3n) is 1.60. The lowest BCUT2D eigenvalue weighted by Gasteiger charge is -2.22. The minimum absolute atomic E-state index is 1.51. The molecule has 6 heteroatoms. The molecule has 0 radical (unpaired) electrons. The predicted molar refractivity (Wildman–Crippen MR) is 17.0 cm³/mol. The van der Waals surface area contributed by atoms with E-state index in [9.17, 15) is 0 Å². The molecular formula is C3H2O6. The Kier molecular flexibility index (Phi) is 0.379. The molecule has 0 aromatic carbocycles. The van der Waals surface area contributed by atoms with Crippen molar-refractivity contribution in [1.82, 2.24) is 0 Å². The van der Waals surface area contributed by atoms with Crippen LogP contribution >= 0.6 is 0 Å². The lowest BCUT2D eigenvalue weighted by atomic mass is 10.2. The number of rotatable bonds is 0. The molecule has 0 amide bonds. The topological polar surface area (TPSA) is 87.3 Å². The van der Waals surface area contributed by atoms with Crippen molar-refractivity contribution < 1.29 is 29.5 Å². The molecule has 0 saturated carbocycles. The smallest absolute Gasteiger partial charge is 0.353 e. The molecule has 0 aromatic heterocycles. The lowest BCUT2D eigenvalue weighted by Crippen LogP contribution is -2.56. The molecule has 2 unspecified atom stereocenters. The normalized spacial score (nSPS) is 64.7. The fourth-order valence-corrected chi connectivity index (χ4v) is 0.910. The van der Waals surface area contributed by atoms with Crippen molar-refractivity contribution in [2.75, 3.05) is 0 Å². The Morgan fingerprint density at radius 2 is 1.67 bits per heavy atom. The van der Waals surface area contributed by atoms with Gasteiger partial charge in [-0.2, -0.15) is 9.78 Å². The van der Waals surface area contributed by atoms with Crippen molar-refractivity contribution in [3.63, 3.8) is 0 Å². The van der Waals surface area contributed by atoms with E-state index < -0.39 is 17.7 Å². The summed E-state index contributed by atoms with van der Waals surface area (Å²) in [5.74, 6) is -5.16. The fourth-order valence-electron chi connectivity index (χ4n) is 0.910. The van der Waals surface area contributed by atoms with E-state index in [1.165, 1.54) is 0 Å². The molecule has 3 aliphatic heterocycles. The van der Waals surface area contributed by atoms with Gasteiger partial charge in [0.2, 0.25) is 0 Å². The van der Waals surface area contributed by atoms with Gasteiger partial charge in [-0.05, 0) is 0 Å². The van der Waals surface area contributed by atoms with Gasteiger partial charge in [-0.1, -0.05) is 0 Å². The minimum Gasteiger partial charge on any atom is -0.353 e. The fraction of sp³-hybridized carbons (Fsp3) is 1.00. The minimum atomic E-state index is -1.87. The van der Waals surface area contributed by atoms with Gasteiger partial charge in [0.1, 0.15) is 0 Å². The molecule has 3 heterocycles. The molecule has 50 valence electrons.